The summed E-state index contributed by atoms with van der Waals surface area (Å²) in [5.74, 6) is -0.794. The topological polar surface area (TPSA) is 87.2 Å². The maximum atomic E-state index is 11.5. The lowest BCUT2D eigenvalue weighted by molar-refractivity contribution is -0.150. The molecule has 1 N–H and O–H groups in total. The lowest BCUT2D eigenvalue weighted by atomic mass is 10.3. The van der Waals surface area contributed by atoms with Crippen molar-refractivity contribution in [3.05, 3.63) is 0 Å². The van der Waals surface area contributed by atoms with E-state index in [1.165, 1.54) is 16.7 Å². The van der Waals surface area contributed by atoms with Crippen molar-refractivity contribution in [2.24, 2.45) is 0 Å². The van der Waals surface area contributed by atoms with Crippen LogP contribution in [-0.4, -0.2) is 65.7 Å². The molecule has 0 unspecified atom stereocenters. The van der Waals surface area contributed by atoms with Gasteiger partial charge in [0.15, 0.2) is 6.61 Å². The monoisotopic (exact) mass is 260 g/mol. The zero-order valence-corrected chi connectivity index (χ0v) is 11.0. The average molecular weight is 260 g/mol. The van der Waals surface area contributed by atoms with Gasteiger partial charge in [-0.15, -0.1) is 0 Å². The van der Waals surface area contributed by atoms with Crippen molar-refractivity contribution in [2.75, 3.05) is 32.8 Å². The molecular formula is C11H20N2O5. The zero-order chi connectivity index (χ0) is 14.1. The minimum absolute atomic E-state index is 0.275. The first kappa shape index (κ1) is 16.2. The van der Waals surface area contributed by atoms with Crippen LogP contribution in [0.25, 0.3) is 0 Å². The van der Waals surface area contributed by atoms with Crippen LogP contribution in [0.3, 0.4) is 0 Å². The highest BCUT2D eigenvalue weighted by molar-refractivity contribution is 5.80. The van der Waals surface area contributed by atoms with Crippen LogP contribution >= 0.6 is 0 Å². The van der Waals surface area contributed by atoms with Crippen LogP contribution in [0.1, 0.15) is 20.8 Å². The third-order valence-electron chi connectivity index (χ3n) is 2.30. The Labute approximate surface area is 106 Å². The maximum absolute atomic E-state index is 11.5. The number of nitrogens with zero attached hydrogens (tertiary/aromatic N) is 2. The van der Waals surface area contributed by atoms with Crippen LogP contribution in [0.5, 0.6) is 0 Å². The van der Waals surface area contributed by atoms with E-state index in [0.717, 1.165) is 0 Å². The Hall–Kier alpha value is -1.79. The Morgan fingerprint density at radius 1 is 1.06 bits per heavy atom. The minimum Gasteiger partial charge on any atom is -0.465 e. The molecule has 1 heterocycles. The Balaban J connectivity index is 0.00000137. The molecular weight excluding hydrogens is 240 g/mol. The third-order valence-corrected chi connectivity index (χ3v) is 2.30. The second-order valence-electron chi connectivity index (χ2n) is 3.43. The summed E-state index contributed by atoms with van der Waals surface area (Å²) in [7, 11) is 0. The number of carbonyl (C=O) groups is 3. The molecule has 1 saturated heterocycles. The van der Waals surface area contributed by atoms with Gasteiger partial charge in [-0.25, -0.2) is 4.79 Å². The van der Waals surface area contributed by atoms with Gasteiger partial charge in [0.1, 0.15) is 0 Å². The highest BCUT2D eigenvalue weighted by Crippen LogP contribution is 2.02. The number of carbonyl (C=O) groups excluding carboxylic acids is 2. The number of hydrogen-bond acceptors (Lipinski definition) is 4. The van der Waals surface area contributed by atoms with Gasteiger partial charge in [0.25, 0.3) is 5.91 Å². The molecule has 0 aromatic heterocycles. The summed E-state index contributed by atoms with van der Waals surface area (Å²) in [6.07, 6.45) is -0.980. The van der Waals surface area contributed by atoms with Crippen LogP contribution in [0, 0.1) is 0 Å². The quantitative estimate of drug-likeness (QED) is 0.726. The molecule has 7 nitrogen and oxygen atoms in total. The van der Waals surface area contributed by atoms with Crippen molar-refractivity contribution >= 4 is 18.0 Å². The SMILES string of the molecule is CC.CC(=O)OCC(=O)N1CCN(C(=O)O)CC1. The Kier molecular flexibility index (Phi) is 7.50. The van der Waals surface area contributed by atoms with Gasteiger partial charge < -0.3 is 19.6 Å². The number of carboxylic acid groups (broad SMARTS) is 1. The molecule has 0 saturated carbocycles. The molecule has 1 rings (SSSR count). The van der Waals surface area contributed by atoms with Crippen molar-refractivity contribution in [3.63, 3.8) is 0 Å². The molecule has 0 atom stereocenters. The number of esters is 1. The molecule has 1 aliphatic heterocycles. The normalized spacial score (nSPS) is 14.4. The van der Waals surface area contributed by atoms with Gasteiger partial charge in [0.05, 0.1) is 0 Å². The van der Waals surface area contributed by atoms with Crippen molar-refractivity contribution < 1.29 is 24.2 Å². The summed E-state index contributed by atoms with van der Waals surface area (Å²) in [6.45, 7) is 6.22. The van der Waals surface area contributed by atoms with Crippen molar-refractivity contribution in [3.8, 4) is 0 Å². The fourth-order valence-corrected chi connectivity index (χ4v) is 1.40. The summed E-state index contributed by atoms with van der Waals surface area (Å²) < 4.78 is 4.57. The van der Waals surface area contributed by atoms with Crippen LogP contribution in [0.15, 0.2) is 0 Å². The Morgan fingerprint density at radius 2 is 1.50 bits per heavy atom. The van der Waals surface area contributed by atoms with E-state index >= 15 is 0 Å². The molecule has 104 valence electrons. The number of rotatable bonds is 2. The first-order valence-corrected chi connectivity index (χ1v) is 5.89. The molecule has 0 spiro atoms. The molecule has 7 heteroatoms. The van der Waals surface area contributed by atoms with Gasteiger partial charge in [0.2, 0.25) is 0 Å². The summed E-state index contributed by atoms with van der Waals surface area (Å²) in [5, 5.41) is 8.69. The van der Waals surface area contributed by atoms with E-state index in [9.17, 15) is 14.4 Å². The van der Waals surface area contributed by atoms with Crippen LogP contribution in [0.2, 0.25) is 0 Å². The van der Waals surface area contributed by atoms with E-state index in [1.807, 2.05) is 13.8 Å². The number of hydrogen-bond donors (Lipinski definition) is 1. The molecule has 0 aliphatic carbocycles. The fourth-order valence-electron chi connectivity index (χ4n) is 1.40. The van der Waals surface area contributed by atoms with Gasteiger partial charge in [-0.3, -0.25) is 9.59 Å². The second kappa shape index (κ2) is 8.32. The van der Waals surface area contributed by atoms with E-state index in [4.69, 9.17) is 5.11 Å². The molecule has 0 radical (unpaired) electrons. The van der Waals surface area contributed by atoms with Crippen molar-refractivity contribution in [1.29, 1.82) is 0 Å². The van der Waals surface area contributed by atoms with Gasteiger partial charge >= 0.3 is 12.1 Å². The van der Waals surface area contributed by atoms with Crippen molar-refractivity contribution in [1.82, 2.24) is 9.80 Å². The molecule has 0 aromatic carbocycles. The molecule has 1 fully saturated rings. The summed E-state index contributed by atoms with van der Waals surface area (Å²) in [4.78, 5) is 35.3. The van der Waals surface area contributed by atoms with Gasteiger partial charge in [-0.05, 0) is 0 Å². The molecule has 18 heavy (non-hydrogen) atoms. The first-order valence-electron chi connectivity index (χ1n) is 5.89. The highest BCUT2D eigenvalue weighted by Gasteiger charge is 2.23. The van der Waals surface area contributed by atoms with Crippen LogP contribution in [-0.2, 0) is 14.3 Å². The largest absolute Gasteiger partial charge is 0.465 e. The fraction of sp³-hybridized carbons (Fsp3) is 0.727. The number of ether oxygens (including phenoxy) is 1. The number of amides is 2. The summed E-state index contributed by atoms with van der Waals surface area (Å²) in [5.41, 5.74) is 0. The van der Waals surface area contributed by atoms with E-state index in [1.54, 1.807) is 0 Å². The average Bonchev–Trinajstić information content (AvgIpc) is 2.38. The Morgan fingerprint density at radius 3 is 1.89 bits per heavy atom. The second-order valence-corrected chi connectivity index (χ2v) is 3.43. The van der Waals surface area contributed by atoms with E-state index in [0.29, 0.717) is 26.2 Å². The maximum Gasteiger partial charge on any atom is 0.407 e. The van der Waals surface area contributed by atoms with E-state index in [-0.39, 0.29) is 12.5 Å². The van der Waals surface area contributed by atoms with E-state index < -0.39 is 12.1 Å². The third kappa shape index (κ3) is 5.51. The summed E-state index contributed by atoms with van der Waals surface area (Å²) >= 11 is 0. The molecule has 0 bridgehead atoms. The lowest BCUT2D eigenvalue weighted by Crippen LogP contribution is -2.51. The predicted octanol–water partition coefficient (Wildman–Crippen LogP) is 0.398. The van der Waals surface area contributed by atoms with E-state index in [2.05, 4.69) is 4.74 Å². The zero-order valence-electron chi connectivity index (χ0n) is 11.0. The first-order chi connectivity index (χ1) is 8.50. The molecule has 2 amide bonds. The predicted molar refractivity (Wildman–Crippen MR) is 64.2 cm³/mol. The van der Waals surface area contributed by atoms with Crippen LogP contribution < -0.4 is 0 Å². The van der Waals surface area contributed by atoms with Crippen LogP contribution in [0.4, 0.5) is 4.79 Å². The lowest BCUT2D eigenvalue weighted by Gasteiger charge is -2.32. The standard InChI is InChI=1S/C9H14N2O5.C2H6/c1-7(12)16-6-8(13)10-2-4-11(5-3-10)9(14)15;1-2/h2-6H2,1H3,(H,14,15);1-2H3. The molecule has 0 aromatic rings. The van der Waals surface area contributed by atoms with Gasteiger partial charge in [-0.1, -0.05) is 13.8 Å². The highest BCUT2D eigenvalue weighted by atomic mass is 16.5. The number of piperazine rings is 1. The molecule has 1 aliphatic rings. The minimum atomic E-state index is -0.980. The van der Waals surface area contributed by atoms with Crippen molar-refractivity contribution in [2.45, 2.75) is 20.8 Å². The van der Waals surface area contributed by atoms with Gasteiger partial charge in [0, 0.05) is 33.1 Å². The van der Waals surface area contributed by atoms with Gasteiger partial charge in [-0.2, -0.15) is 0 Å². The smallest absolute Gasteiger partial charge is 0.407 e. The summed E-state index contributed by atoms with van der Waals surface area (Å²) in [6, 6.07) is 0. The Bertz CT molecular complexity index is 298.